The Morgan fingerprint density at radius 3 is 2.74 bits per heavy atom. The Bertz CT molecular complexity index is 1140. The van der Waals surface area contributed by atoms with Gasteiger partial charge in [-0.25, -0.2) is 14.6 Å². The number of hydrogen-bond donors (Lipinski definition) is 3. The van der Waals surface area contributed by atoms with Gasteiger partial charge in [0.15, 0.2) is 0 Å². The zero-order valence-corrected chi connectivity index (χ0v) is 21.8. The predicted octanol–water partition coefficient (Wildman–Crippen LogP) is 5.02. The van der Waals surface area contributed by atoms with Gasteiger partial charge in [-0.1, -0.05) is 18.2 Å². The second kappa shape index (κ2) is 13.1. The summed E-state index contributed by atoms with van der Waals surface area (Å²) in [4.78, 5) is 31.0. The van der Waals surface area contributed by atoms with E-state index in [1.165, 1.54) is 17.7 Å². The van der Waals surface area contributed by atoms with Crippen LogP contribution in [0.4, 0.5) is 23.8 Å². The molecule has 1 aromatic heterocycles. The van der Waals surface area contributed by atoms with Crippen molar-refractivity contribution in [3.63, 3.8) is 0 Å². The van der Waals surface area contributed by atoms with E-state index in [1.807, 2.05) is 0 Å². The number of halogens is 3. The number of carboxylic acids is 1. The molecule has 1 aromatic carbocycles. The first-order valence-electron chi connectivity index (χ1n) is 13.5. The maximum atomic E-state index is 12.9. The Balaban J connectivity index is 1.20. The number of benzene rings is 1. The number of carbonyl (C=O) groups excluding carboxylic acids is 1. The molecule has 0 bridgehead atoms. The summed E-state index contributed by atoms with van der Waals surface area (Å²) in [7, 11) is 0. The maximum Gasteiger partial charge on any atom is 0.416 e. The molecular weight excluding hydrogens is 513 g/mol. The number of aryl methyl sites for hydroxylation is 2. The highest BCUT2D eigenvalue weighted by molar-refractivity contribution is 5.79. The number of fused-ring (bicyclic) bond motifs is 1. The summed E-state index contributed by atoms with van der Waals surface area (Å²) in [5.74, 6) is -0.187. The number of nitrogens with zero attached hydrogens (tertiary/aromatic N) is 2. The first-order chi connectivity index (χ1) is 18.7. The van der Waals surface area contributed by atoms with Gasteiger partial charge in [0.25, 0.3) is 0 Å². The number of ether oxygens (including phenoxy) is 1. The Hall–Kier alpha value is -3.34. The SMILES string of the molecule is O=C(NC(CCN(CCCCc1ccc2c(n1)NCCC2)C1CC1)C(=O)O)OCc1cccc(C(F)(F)F)c1. The average Bonchev–Trinajstić information content (AvgIpc) is 3.76. The molecule has 1 amide bonds. The van der Waals surface area contributed by atoms with E-state index in [0.29, 0.717) is 12.6 Å². The van der Waals surface area contributed by atoms with Crippen LogP contribution in [0.2, 0.25) is 0 Å². The van der Waals surface area contributed by atoms with Gasteiger partial charge in [0.05, 0.1) is 5.56 Å². The Morgan fingerprint density at radius 1 is 1.18 bits per heavy atom. The number of unbranched alkanes of at least 4 members (excludes halogenated alkanes) is 1. The highest BCUT2D eigenvalue weighted by atomic mass is 19.4. The van der Waals surface area contributed by atoms with Crippen molar-refractivity contribution in [2.45, 2.75) is 76.2 Å². The Labute approximate surface area is 225 Å². The third kappa shape index (κ3) is 8.84. The quantitative estimate of drug-likeness (QED) is 0.302. The summed E-state index contributed by atoms with van der Waals surface area (Å²) >= 11 is 0. The second-order valence-electron chi connectivity index (χ2n) is 10.2. The highest BCUT2D eigenvalue weighted by Crippen LogP contribution is 2.30. The summed E-state index contributed by atoms with van der Waals surface area (Å²) in [5, 5.41) is 15.3. The molecule has 4 rings (SSSR count). The van der Waals surface area contributed by atoms with Crippen molar-refractivity contribution in [2.24, 2.45) is 0 Å². The Kier molecular flexibility index (Phi) is 9.66. The lowest BCUT2D eigenvalue weighted by atomic mass is 10.1. The van der Waals surface area contributed by atoms with Gasteiger partial charge in [-0.05, 0) is 87.2 Å². The van der Waals surface area contributed by atoms with Crippen LogP contribution in [0.5, 0.6) is 0 Å². The van der Waals surface area contributed by atoms with Crippen molar-refractivity contribution in [3.05, 3.63) is 58.8 Å². The monoisotopic (exact) mass is 548 g/mol. The molecule has 0 saturated heterocycles. The van der Waals surface area contributed by atoms with Gasteiger partial charge < -0.3 is 25.4 Å². The van der Waals surface area contributed by atoms with Gasteiger partial charge >= 0.3 is 18.2 Å². The third-order valence-corrected chi connectivity index (χ3v) is 7.06. The number of pyridine rings is 1. The van der Waals surface area contributed by atoms with E-state index in [2.05, 4.69) is 27.7 Å². The number of alkyl halides is 3. The summed E-state index contributed by atoms with van der Waals surface area (Å²) in [5.41, 5.74) is 1.66. The zero-order chi connectivity index (χ0) is 27.8. The molecule has 0 radical (unpaired) electrons. The lowest BCUT2D eigenvalue weighted by Gasteiger charge is -2.24. The normalized spacial score (nSPS) is 15.8. The molecule has 1 saturated carbocycles. The molecule has 2 aliphatic rings. The smallest absolute Gasteiger partial charge is 0.416 e. The van der Waals surface area contributed by atoms with Crippen molar-refractivity contribution in [1.29, 1.82) is 0 Å². The molecule has 1 fully saturated rings. The molecule has 2 aromatic rings. The van der Waals surface area contributed by atoms with Crippen molar-refractivity contribution in [1.82, 2.24) is 15.2 Å². The number of rotatable bonds is 13. The largest absolute Gasteiger partial charge is 0.480 e. The average molecular weight is 549 g/mol. The molecule has 2 heterocycles. The maximum absolute atomic E-state index is 12.9. The number of anilines is 1. The molecule has 212 valence electrons. The van der Waals surface area contributed by atoms with Crippen molar-refractivity contribution in [3.8, 4) is 0 Å². The number of hydrogen-bond acceptors (Lipinski definition) is 6. The van der Waals surface area contributed by atoms with Gasteiger partial charge in [-0.2, -0.15) is 13.2 Å². The van der Waals surface area contributed by atoms with Gasteiger partial charge in [0, 0.05) is 24.8 Å². The molecule has 39 heavy (non-hydrogen) atoms. The van der Waals surface area contributed by atoms with Crippen LogP contribution in [0.3, 0.4) is 0 Å². The highest BCUT2D eigenvalue weighted by Gasteiger charge is 2.31. The van der Waals surface area contributed by atoms with Crippen LogP contribution >= 0.6 is 0 Å². The summed E-state index contributed by atoms with van der Waals surface area (Å²) in [6, 6.07) is 7.98. The Morgan fingerprint density at radius 2 is 2.00 bits per heavy atom. The minimum Gasteiger partial charge on any atom is -0.480 e. The molecule has 1 aliphatic heterocycles. The second-order valence-corrected chi connectivity index (χ2v) is 10.2. The van der Waals surface area contributed by atoms with E-state index in [1.54, 1.807) is 0 Å². The minimum atomic E-state index is -4.50. The van der Waals surface area contributed by atoms with Gasteiger partial charge in [0.1, 0.15) is 18.5 Å². The van der Waals surface area contributed by atoms with Gasteiger partial charge in [-0.15, -0.1) is 0 Å². The van der Waals surface area contributed by atoms with Crippen LogP contribution in [0.1, 0.15) is 60.9 Å². The van der Waals surface area contributed by atoms with E-state index in [4.69, 9.17) is 9.72 Å². The van der Waals surface area contributed by atoms with Crippen LogP contribution in [0.15, 0.2) is 36.4 Å². The number of amides is 1. The number of nitrogens with one attached hydrogen (secondary N) is 2. The lowest BCUT2D eigenvalue weighted by molar-refractivity contribution is -0.140. The molecular formula is C28H35F3N4O4. The number of carboxylic acid groups (broad SMARTS) is 1. The molecule has 1 aliphatic carbocycles. The van der Waals surface area contributed by atoms with Gasteiger partial charge in [0.2, 0.25) is 0 Å². The first-order valence-corrected chi connectivity index (χ1v) is 13.5. The minimum absolute atomic E-state index is 0.161. The lowest BCUT2D eigenvalue weighted by Crippen LogP contribution is -2.43. The first kappa shape index (κ1) is 28.7. The standard InChI is InChI=1S/C28H35F3N4O4/c29-28(30,31)21-7-3-5-19(17-21)18-39-27(38)34-24(26(36)37)13-16-35(23-11-12-23)15-2-1-8-22-10-9-20-6-4-14-32-25(20)33-22/h3,5,7,9-10,17,23-24H,1-2,4,6,8,11-16,18H2,(H,32,33)(H,34,38)(H,36,37). The van der Waals surface area contributed by atoms with E-state index in [0.717, 1.165) is 81.7 Å². The van der Waals surface area contributed by atoms with Crippen LogP contribution in [0.25, 0.3) is 0 Å². The fourth-order valence-electron chi connectivity index (χ4n) is 4.77. The molecule has 1 atom stereocenters. The van der Waals surface area contributed by atoms with E-state index in [9.17, 15) is 27.9 Å². The number of aromatic nitrogens is 1. The molecule has 8 nitrogen and oxygen atoms in total. The van der Waals surface area contributed by atoms with Crippen LogP contribution in [0, 0.1) is 0 Å². The van der Waals surface area contributed by atoms with E-state index in [-0.39, 0.29) is 12.0 Å². The third-order valence-electron chi connectivity index (χ3n) is 7.06. The summed E-state index contributed by atoms with van der Waals surface area (Å²) in [6.45, 7) is 1.90. The summed E-state index contributed by atoms with van der Waals surface area (Å²) < 4.78 is 43.6. The number of carbonyl (C=O) groups is 2. The molecule has 3 N–H and O–H groups in total. The number of aliphatic carboxylic acids is 1. The molecule has 11 heteroatoms. The number of alkyl carbamates (subject to hydrolysis) is 1. The van der Waals surface area contributed by atoms with Crippen LogP contribution in [-0.2, 0) is 35.2 Å². The van der Waals surface area contributed by atoms with Crippen molar-refractivity contribution in [2.75, 3.05) is 25.0 Å². The fraction of sp³-hybridized carbons (Fsp3) is 0.536. The molecule has 1 unspecified atom stereocenters. The fourth-order valence-corrected chi connectivity index (χ4v) is 4.77. The molecule has 0 spiro atoms. The van der Waals surface area contributed by atoms with Crippen molar-refractivity contribution >= 4 is 17.9 Å². The zero-order valence-electron chi connectivity index (χ0n) is 21.8. The van der Waals surface area contributed by atoms with E-state index < -0.39 is 36.5 Å². The predicted molar refractivity (Wildman–Crippen MR) is 139 cm³/mol. The van der Waals surface area contributed by atoms with E-state index >= 15 is 0 Å². The van der Waals surface area contributed by atoms with Crippen molar-refractivity contribution < 1.29 is 32.6 Å². The van der Waals surface area contributed by atoms with Crippen LogP contribution < -0.4 is 10.6 Å². The van der Waals surface area contributed by atoms with Crippen LogP contribution in [-0.4, -0.2) is 58.8 Å². The summed E-state index contributed by atoms with van der Waals surface area (Å²) in [6.07, 6.45) is 1.85. The van der Waals surface area contributed by atoms with Gasteiger partial charge in [-0.3, -0.25) is 0 Å². The topological polar surface area (TPSA) is 104 Å².